The molecule has 0 bridgehead atoms. The lowest BCUT2D eigenvalue weighted by Gasteiger charge is -2.12. The van der Waals surface area contributed by atoms with Crippen LogP contribution in [0, 0.1) is 6.92 Å². The van der Waals surface area contributed by atoms with Crippen LogP contribution in [0.2, 0.25) is 10.0 Å². The predicted molar refractivity (Wildman–Crippen MR) is 88.4 cm³/mol. The number of nitrogens with zero attached hydrogens (tertiary/aromatic N) is 1. The van der Waals surface area contributed by atoms with Crippen molar-refractivity contribution in [3.63, 3.8) is 0 Å². The lowest BCUT2D eigenvalue weighted by Crippen LogP contribution is -2.14. The zero-order chi connectivity index (χ0) is 15.0. The highest BCUT2D eigenvalue weighted by molar-refractivity contribution is 7.13. The molecular formula is C15H10Cl2N2OS. The number of hydrogen-bond acceptors (Lipinski definition) is 3. The summed E-state index contributed by atoms with van der Waals surface area (Å²) in [5.74, 6) is 0. The van der Waals surface area contributed by atoms with E-state index in [0.717, 1.165) is 16.1 Å². The van der Waals surface area contributed by atoms with Gasteiger partial charge in [0.25, 0.3) is 5.56 Å². The van der Waals surface area contributed by atoms with Gasteiger partial charge < -0.3 is 0 Å². The van der Waals surface area contributed by atoms with Crippen LogP contribution in [-0.4, -0.2) is 10.2 Å². The average molecular weight is 337 g/mol. The van der Waals surface area contributed by atoms with Gasteiger partial charge in [0.2, 0.25) is 0 Å². The van der Waals surface area contributed by atoms with E-state index in [9.17, 15) is 4.79 Å². The Morgan fingerprint density at radius 1 is 1.05 bits per heavy atom. The fraction of sp³-hybridized carbons (Fsp3) is 0.0667. The van der Waals surface area contributed by atoms with Crippen LogP contribution in [0.3, 0.4) is 0 Å². The fourth-order valence-corrected chi connectivity index (χ4v) is 3.65. The molecule has 0 aliphatic rings. The highest BCUT2D eigenvalue weighted by atomic mass is 35.5. The molecule has 0 atom stereocenters. The van der Waals surface area contributed by atoms with Crippen molar-refractivity contribution in [3.05, 3.63) is 61.8 Å². The number of aromatic nitrogens is 2. The summed E-state index contributed by atoms with van der Waals surface area (Å²) >= 11 is 14.1. The lowest BCUT2D eigenvalue weighted by atomic mass is 9.99. The Labute approximate surface area is 135 Å². The second-order valence-electron chi connectivity index (χ2n) is 4.46. The van der Waals surface area contributed by atoms with Gasteiger partial charge in [-0.15, -0.1) is 11.3 Å². The van der Waals surface area contributed by atoms with E-state index in [1.165, 1.54) is 0 Å². The van der Waals surface area contributed by atoms with Gasteiger partial charge in [0.05, 0.1) is 21.3 Å². The van der Waals surface area contributed by atoms with Crippen LogP contribution in [0.15, 0.2) is 40.5 Å². The van der Waals surface area contributed by atoms with Gasteiger partial charge in [-0.2, -0.15) is 5.10 Å². The molecule has 0 unspecified atom stereocenters. The molecule has 21 heavy (non-hydrogen) atoms. The number of halogens is 2. The topological polar surface area (TPSA) is 45.8 Å². The Morgan fingerprint density at radius 2 is 1.76 bits per heavy atom. The van der Waals surface area contributed by atoms with Crippen molar-refractivity contribution in [1.82, 2.24) is 10.2 Å². The van der Waals surface area contributed by atoms with Gasteiger partial charge in [-0.1, -0.05) is 35.3 Å². The van der Waals surface area contributed by atoms with Gasteiger partial charge in [0, 0.05) is 16.0 Å². The number of thiophene rings is 1. The minimum Gasteiger partial charge on any atom is -0.267 e. The van der Waals surface area contributed by atoms with Gasteiger partial charge in [0.1, 0.15) is 0 Å². The molecule has 3 nitrogen and oxygen atoms in total. The smallest absolute Gasteiger partial charge is 0.267 e. The van der Waals surface area contributed by atoms with Crippen LogP contribution in [0.1, 0.15) is 5.69 Å². The number of aromatic amines is 1. The summed E-state index contributed by atoms with van der Waals surface area (Å²) in [6.45, 7) is 1.85. The number of rotatable bonds is 2. The van der Waals surface area contributed by atoms with E-state index in [4.69, 9.17) is 23.2 Å². The molecule has 0 aliphatic carbocycles. The molecule has 0 spiro atoms. The van der Waals surface area contributed by atoms with E-state index in [1.807, 2.05) is 24.4 Å². The zero-order valence-electron chi connectivity index (χ0n) is 11.0. The molecule has 1 aromatic carbocycles. The predicted octanol–water partition coefficient (Wildman–Crippen LogP) is 4.78. The summed E-state index contributed by atoms with van der Waals surface area (Å²) in [6.07, 6.45) is 0. The maximum absolute atomic E-state index is 12.4. The molecule has 0 amide bonds. The van der Waals surface area contributed by atoms with Crippen LogP contribution >= 0.6 is 34.5 Å². The fourth-order valence-electron chi connectivity index (χ4n) is 2.24. The third-order valence-corrected chi connectivity index (χ3v) is 4.66. The molecule has 106 valence electrons. The largest absolute Gasteiger partial charge is 0.272 e. The Hall–Kier alpha value is -1.62. The number of nitrogens with one attached hydrogen (secondary N) is 1. The van der Waals surface area contributed by atoms with Gasteiger partial charge in [-0.3, -0.25) is 4.79 Å². The van der Waals surface area contributed by atoms with Crippen molar-refractivity contribution < 1.29 is 0 Å². The maximum Gasteiger partial charge on any atom is 0.272 e. The van der Waals surface area contributed by atoms with Crippen LogP contribution in [0.4, 0.5) is 0 Å². The second-order valence-corrected chi connectivity index (χ2v) is 6.22. The van der Waals surface area contributed by atoms with Crippen LogP contribution in [0.25, 0.3) is 21.6 Å². The molecule has 0 aliphatic heterocycles. The SMILES string of the molecule is Cc1n[nH]c(=O)c(-c2c(Cl)cccc2Cl)c1-c1cccs1. The Morgan fingerprint density at radius 3 is 2.38 bits per heavy atom. The first-order valence-electron chi connectivity index (χ1n) is 6.17. The Balaban J connectivity index is 2.43. The zero-order valence-corrected chi connectivity index (χ0v) is 13.3. The summed E-state index contributed by atoms with van der Waals surface area (Å²) in [7, 11) is 0. The molecule has 0 saturated carbocycles. The highest BCUT2D eigenvalue weighted by Crippen LogP contribution is 2.40. The molecule has 0 saturated heterocycles. The monoisotopic (exact) mass is 336 g/mol. The summed E-state index contributed by atoms with van der Waals surface area (Å²) in [5.41, 5.74) is 2.18. The second kappa shape index (κ2) is 5.64. The first kappa shape index (κ1) is 14.3. The maximum atomic E-state index is 12.4. The summed E-state index contributed by atoms with van der Waals surface area (Å²) in [5, 5.41) is 9.40. The van der Waals surface area contributed by atoms with Gasteiger partial charge in [-0.05, 0) is 30.5 Å². The standard InChI is InChI=1S/C15H10Cl2N2OS/c1-8-12(11-6-3-7-21-11)14(15(20)19-18-8)13-9(16)4-2-5-10(13)17/h2-7H,1H3,(H,19,20). The molecule has 0 fully saturated rings. The number of aryl methyl sites for hydroxylation is 1. The van der Waals surface area contributed by atoms with Crippen molar-refractivity contribution in [1.29, 1.82) is 0 Å². The van der Waals surface area contributed by atoms with Gasteiger partial charge in [0.15, 0.2) is 0 Å². The van der Waals surface area contributed by atoms with E-state index in [-0.39, 0.29) is 5.56 Å². The van der Waals surface area contributed by atoms with E-state index in [1.54, 1.807) is 29.5 Å². The van der Waals surface area contributed by atoms with E-state index < -0.39 is 0 Å². The minimum absolute atomic E-state index is 0.306. The van der Waals surface area contributed by atoms with Crippen LogP contribution < -0.4 is 5.56 Å². The number of hydrogen-bond donors (Lipinski definition) is 1. The van der Waals surface area contributed by atoms with Crippen molar-refractivity contribution in [2.75, 3.05) is 0 Å². The van der Waals surface area contributed by atoms with Crippen molar-refractivity contribution >= 4 is 34.5 Å². The van der Waals surface area contributed by atoms with Gasteiger partial charge in [-0.25, -0.2) is 5.10 Å². The molecule has 0 radical (unpaired) electrons. The third-order valence-electron chi connectivity index (χ3n) is 3.14. The van der Waals surface area contributed by atoms with E-state index in [0.29, 0.717) is 21.2 Å². The summed E-state index contributed by atoms with van der Waals surface area (Å²) < 4.78 is 0. The average Bonchev–Trinajstić information content (AvgIpc) is 2.96. The minimum atomic E-state index is -0.306. The molecule has 3 rings (SSSR count). The summed E-state index contributed by atoms with van der Waals surface area (Å²) in [4.78, 5) is 13.3. The first-order chi connectivity index (χ1) is 10.1. The first-order valence-corrected chi connectivity index (χ1v) is 7.80. The Kier molecular flexibility index (Phi) is 3.85. The molecule has 2 aromatic heterocycles. The molecule has 3 aromatic rings. The van der Waals surface area contributed by atoms with Crippen molar-refractivity contribution in [2.45, 2.75) is 6.92 Å². The number of benzene rings is 1. The molecule has 6 heteroatoms. The van der Waals surface area contributed by atoms with Gasteiger partial charge >= 0.3 is 0 Å². The highest BCUT2D eigenvalue weighted by Gasteiger charge is 2.20. The molecule has 1 N–H and O–H groups in total. The lowest BCUT2D eigenvalue weighted by molar-refractivity contribution is 0.953. The molecular weight excluding hydrogens is 327 g/mol. The van der Waals surface area contributed by atoms with E-state index >= 15 is 0 Å². The van der Waals surface area contributed by atoms with Crippen molar-refractivity contribution in [2.24, 2.45) is 0 Å². The normalized spacial score (nSPS) is 10.8. The number of H-pyrrole nitrogens is 1. The van der Waals surface area contributed by atoms with Crippen molar-refractivity contribution in [3.8, 4) is 21.6 Å². The van der Waals surface area contributed by atoms with E-state index in [2.05, 4.69) is 10.2 Å². The summed E-state index contributed by atoms with van der Waals surface area (Å²) in [6, 6.07) is 9.06. The molecule has 2 heterocycles. The Bertz CT molecular complexity index is 836. The third kappa shape index (κ3) is 2.50. The quantitative estimate of drug-likeness (QED) is 0.731. The van der Waals surface area contributed by atoms with Crippen LogP contribution in [-0.2, 0) is 0 Å². The van der Waals surface area contributed by atoms with Crippen LogP contribution in [0.5, 0.6) is 0 Å².